The van der Waals surface area contributed by atoms with Gasteiger partial charge in [0, 0.05) is 30.1 Å². The molecule has 15 nitrogen and oxygen atoms in total. The van der Waals surface area contributed by atoms with Gasteiger partial charge in [-0.25, -0.2) is 44.8 Å². The molecule has 0 saturated heterocycles. The van der Waals surface area contributed by atoms with E-state index >= 15 is 0 Å². The first-order valence-corrected chi connectivity index (χ1v) is 26.4. The van der Waals surface area contributed by atoms with E-state index < -0.39 is 67.2 Å². The molecule has 0 saturated carbocycles. The number of nitrogens with one attached hydrogen (secondary N) is 1. The molecule has 408 valence electrons. The second kappa shape index (κ2) is 24.5. The highest BCUT2D eigenvalue weighted by atomic mass is 35.5. The lowest BCUT2D eigenvalue weighted by Crippen LogP contribution is -2.41. The van der Waals surface area contributed by atoms with E-state index in [2.05, 4.69) is 10.2 Å². The van der Waals surface area contributed by atoms with Crippen LogP contribution in [0.3, 0.4) is 0 Å². The summed E-state index contributed by atoms with van der Waals surface area (Å²) in [6.45, 7) is 15.9. The molecule has 0 unspecified atom stereocenters. The largest absolute Gasteiger partial charge is 0.443 e. The van der Waals surface area contributed by atoms with E-state index in [1.165, 1.54) is 36.4 Å². The first-order chi connectivity index (χ1) is 34.6. The SMILES string of the molecule is CCCN(C(=O)OC(C)(C)C)S(=O)(=O)c1ccc(-n2nc(C(F)(F)F)cc2-c2ccc(C)cc2)cc1.CN(C)CCCl.Cc1ccc(-c2cc(C(F)(F)F)nn2-c2ccc(S(=O)(=O)NC(=O)OC(C)(C)C)cc2)cc1. The van der Waals surface area contributed by atoms with E-state index in [1.807, 2.05) is 32.8 Å². The molecular weight excluding hydrogens is 1050 g/mol. The van der Waals surface area contributed by atoms with Gasteiger partial charge in [0.25, 0.3) is 20.0 Å². The van der Waals surface area contributed by atoms with Gasteiger partial charge in [0.2, 0.25) is 0 Å². The van der Waals surface area contributed by atoms with Crippen molar-refractivity contribution in [3.8, 4) is 33.9 Å². The van der Waals surface area contributed by atoms with Crippen LogP contribution in [-0.4, -0.2) is 102 Å². The summed E-state index contributed by atoms with van der Waals surface area (Å²) in [5.74, 6) is 0.729. The first kappa shape index (κ1) is 61.1. The predicted molar refractivity (Wildman–Crippen MR) is 274 cm³/mol. The predicted octanol–water partition coefficient (Wildman–Crippen LogP) is 12.1. The molecule has 2 amide bonds. The number of benzene rings is 4. The first-order valence-electron chi connectivity index (χ1n) is 23.0. The number of carbonyl (C=O) groups excluding carboxylic acids is 2. The van der Waals surface area contributed by atoms with Gasteiger partial charge in [-0.1, -0.05) is 66.6 Å². The standard InChI is InChI=1S/C25H28F3N3O4S.C22H22F3N3O4S.C4H10ClN/c1-6-15-30(23(32)35-24(3,4)5)36(33,34)20-13-11-19(12-14-20)31-21(16-22(29-31)25(26,27)28)18-9-7-17(2)8-10-18;1-14-5-7-15(8-6-14)18-13-19(22(23,24)25)26-28(18)16-9-11-17(12-10-16)33(30,31)27-20(29)32-21(2,3)4;1-6(2)4-3-5/h7-14,16H,6,15H2,1-5H3;5-13H,1-4H3,(H,27,29);3-4H2,1-2H3. The van der Waals surface area contributed by atoms with Crippen molar-refractivity contribution in [2.75, 3.05) is 33.1 Å². The number of nitrogens with zero attached hydrogens (tertiary/aromatic N) is 6. The molecule has 6 rings (SSSR count). The fraction of sp³-hybridized carbons (Fsp3) is 0.373. The number of amides is 2. The maximum atomic E-state index is 13.4. The Bertz CT molecular complexity index is 3100. The number of alkyl halides is 7. The molecule has 2 aromatic heterocycles. The highest BCUT2D eigenvalue weighted by Gasteiger charge is 2.37. The van der Waals surface area contributed by atoms with Gasteiger partial charge in [-0.15, -0.1) is 11.6 Å². The van der Waals surface area contributed by atoms with Crippen molar-refractivity contribution in [1.29, 1.82) is 0 Å². The lowest BCUT2D eigenvalue weighted by Gasteiger charge is -2.26. The van der Waals surface area contributed by atoms with Crippen molar-refractivity contribution >= 4 is 43.8 Å². The number of hydrogen-bond acceptors (Lipinski definition) is 11. The van der Waals surface area contributed by atoms with Crippen molar-refractivity contribution in [3.63, 3.8) is 0 Å². The maximum absolute atomic E-state index is 13.4. The van der Waals surface area contributed by atoms with Crippen LogP contribution >= 0.6 is 11.6 Å². The third-order valence-electron chi connectivity index (χ3n) is 9.93. The van der Waals surface area contributed by atoms with Crippen LogP contribution in [0.4, 0.5) is 35.9 Å². The summed E-state index contributed by atoms with van der Waals surface area (Å²) in [6, 6.07) is 25.7. The molecule has 0 spiro atoms. The molecule has 0 atom stereocenters. The number of sulfonamides is 2. The van der Waals surface area contributed by atoms with Crippen molar-refractivity contribution < 1.29 is 62.2 Å². The number of carbonyl (C=O) groups is 2. The molecule has 0 fully saturated rings. The van der Waals surface area contributed by atoms with Crippen LogP contribution in [-0.2, 0) is 41.9 Å². The lowest BCUT2D eigenvalue weighted by molar-refractivity contribution is -0.142. The van der Waals surface area contributed by atoms with E-state index in [0.717, 1.165) is 57.2 Å². The Morgan fingerprint density at radius 2 is 1.00 bits per heavy atom. The number of aromatic nitrogens is 4. The Balaban J connectivity index is 0.000000293. The van der Waals surface area contributed by atoms with Crippen LogP contribution in [0.25, 0.3) is 33.9 Å². The fourth-order valence-electron chi connectivity index (χ4n) is 6.41. The second-order valence-corrected chi connectivity index (χ2v) is 22.9. The molecule has 2 heterocycles. The Morgan fingerprint density at radius 3 is 1.32 bits per heavy atom. The highest BCUT2D eigenvalue weighted by molar-refractivity contribution is 7.90. The number of ether oxygens (including phenoxy) is 2. The quantitative estimate of drug-likeness (QED) is 0.0912. The second-order valence-electron chi connectivity index (χ2n) is 19.0. The Morgan fingerprint density at radius 1 is 0.613 bits per heavy atom. The smallest absolute Gasteiger partial charge is 0.435 e. The van der Waals surface area contributed by atoms with E-state index in [-0.39, 0.29) is 39.1 Å². The normalized spacial score (nSPS) is 12.3. The minimum Gasteiger partial charge on any atom is -0.443 e. The Hall–Kier alpha value is -6.43. The van der Waals surface area contributed by atoms with E-state index in [0.29, 0.717) is 21.9 Å². The zero-order valence-electron chi connectivity index (χ0n) is 43.1. The molecule has 1 N–H and O–H groups in total. The molecule has 24 heteroatoms. The molecule has 0 radical (unpaired) electrons. The number of hydrogen-bond donors (Lipinski definition) is 1. The fourth-order valence-corrected chi connectivity index (χ4v) is 9.01. The monoisotopic (exact) mass is 1110 g/mol. The van der Waals surface area contributed by atoms with Gasteiger partial charge in [0.05, 0.1) is 32.6 Å². The van der Waals surface area contributed by atoms with Crippen LogP contribution in [0.2, 0.25) is 0 Å². The summed E-state index contributed by atoms with van der Waals surface area (Å²) >= 11 is 5.35. The van der Waals surface area contributed by atoms with E-state index in [1.54, 1.807) is 102 Å². The van der Waals surface area contributed by atoms with E-state index in [4.69, 9.17) is 21.1 Å². The molecule has 0 bridgehead atoms. The molecule has 0 aliphatic heterocycles. The summed E-state index contributed by atoms with van der Waals surface area (Å²) in [4.78, 5) is 26.0. The van der Waals surface area contributed by atoms with Crippen LogP contribution in [0.1, 0.15) is 77.4 Å². The minimum atomic E-state index is -4.66. The number of aryl methyl sites for hydroxylation is 2. The van der Waals surface area contributed by atoms with Crippen molar-refractivity contribution in [1.82, 2.24) is 33.5 Å². The Labute approximate surface area is 438 Å². The van der Waals surface area contributed by atoms with Crippen LogP contribution < -0.4 is 4.72 Å². The minimum absolute atomic E-state index is 0.0926. The summed E-state index contributed by atoms with van der Waals surface area (Å²) in [5, 5.41) is 7.42. The molecule has 75 heavy (non-hydrogen) atoms. The Kier molecular flexibility index (Phi) is 20.0. The highest BCUT2D eigenvalue weighted by Crippen LogP contribution is 2.35. The number of rotatable bonds is 12. The van der Waals surface area contributed by atoms with Gasteiger partial charge >= 0.3 is 24.5 Å². The summed E-state index contributed by atoms with van der Waals surface area (Å²) in [6.07, 6.45) is -11.1. The van der Waals surface area contributed by atoms with Crippen molar-refractivity contribution in [2.24, 2.45) is 0 Å². The third kappa shape index (κ3) is 17.6. The van der Waals surface area contributed by atoms with Crippen molar-refractivity contribution in [2.45, 2.75) is 102 Å². The average molecular weight is 1110 g/mol. The molecule has 0 aliphatic carbocycles. The molecule has 0 aliphatic rings. The summed E-state index contributed by atoms with van der Waals surface area (Å²) in [5.41, 5.74) is -0.246. The van der Waals surface area contributed by atoms with E-state index in [9.17, 15) is 52.8 Å². The summed E-state index contributed by atoms with van der Waals surface area (Å²) in [7, 11) is -4.52. The zero-order chi connectivity index (χ0) is 56.5. The maximum Gasteiger partial charge on any atom is 0.435 e. The van der Waals surface area contributed by atoms with Gasteiger partial charge in [-0.3, -0.25) is 0 Å². The van der Waals surface area contributed by atoms with Gasteiger partial charge in [-0.05, 0) is 137 Å². The van der Waals surface area contributed by atoms with Gasteiger partial charge in [0.15, 0.2) is 11.4 Å². The molecule has 4 aromatic carbocycles. The van der Waals surface area contributed by atoms with Gasteiger partial charge < -0.3 is 14.4 Å². The number of halogens is 7. The third-order valence-corrected chi connectivity index (χ3v) is 13.2. The zero-order valence-corrected chi connectivity index (χ0v) is 45.5. The summed E-state index contributed by atoms with van der Waals surface area (Å²) < 4.78 is 146. The topological polar surface area (TPSA) is 175 Å². The molecule has 6 aromatic rings. The van der Waals surface area contributed by atoms with Crippen LogP contribution in [0.15, 0.2) is 119 Å². The van der Waals surface area contributed by atoms with Crippen molar-refractivity contribution in [3.05, 3.63) is 132 Å². The van der Waals surface area contributed by atoms with Gasteiger partial charge in [-0.2, -0.15) is 36.5 Å². The molecular formula is C51H60ClF6N7O8S2. The average Bonchev–Trinajstić information content (AvgIpc) is 3.95. The van der Waals surface area contributed by atoms with Crippen LogP contribution in [0.5, 0.6) is 0 Å². The van der Waals surface area contributed by atoms with Gasteiger partial charge in [0.1, 0.15) is 11.2 Å². The van der Waals surface area contributed by atoms with Crippen LogP contribution in [0, 0.1) is 13.8 Å². The lowest BCUT2D eigenvalue weighted by atomic mass is 10.1.